The first-order valence-electron chi connectivity index (χ1n) is 53.0. The van der Waals surface area contributed by atoms with Crippen LogP contribution in [-0.4, -0.2) is 234 Å². The number of aromatic hydroxyl groups is 4. The summed E-state index contributed by atoms with van der Waals surface area (Å²) >= 11 is 0. The third-order valence-corrected chi connectivity index (χ3v) is 41.5. The summed E-state index contributed by atoms with van der Waals surface area (Å²) in [7, 11) is 0. The lowest BCUT2D eigenvalue weighted by molar-refractivity contribution is -0.182. The lowest BCUT2D eigenvalue weighted by atomic mass is 9.49. The van der Waals surface area contributed by atoms with E-state index in [0.29, 0.717) is 190 Å². The van der Waals surface area contributed by atoms with Gasteiger partial charge in [-0.1, -0.05) is 56.0 Å². The van der Waals surface area contributed by atoms with E-state index in [2.05, 4.69) is 71.3 Å². The normalized spacial score (nSPS) is 35.6. The number of piperidine rings is 5. The van der Waals surface area contributed by atoms with Gasteiger partial charge in [0.25, 0.3) is 23.6 Å². The number of nitrogens with zero attached hydrogens (tertiary/aromatic N) is 5. The molecule has 0 spiro atoms. The monoisotopic (exact) mass is 1900 g/mol. The van der Waals surface area contributed by atoms with Crippen molar-refractivity contribution in [1.29, 1.82) is 0 Å². The second-order valence-corrected chi connectivity index (χ2v) is 47.3. The summed E-state index contributed by atoms with van der Waals surface area (Å²) in [5.41, 5.74) is 30.2. The van der Waals surface area contributed by atoms with Crippen molar-refractivity contribution in [1.82, 2.24) is 24.5 Å². The Morgan fingerprint density at radius 3 is 0.871 bits per heavy atom. The summed E-state index contributed by atoms with van der Waals surface area (Å²) in [5.74, 6) is 1.29. The molecule has 5 aromatic rings. The van der Waals surface area contributed by atoms with E-state index in [1.54, 1.807) is 24.3 Å². The second-order valence-electron chi connectivity index (χ2n) is 47.3. The topological polar surface area (TPSA) is 462 Å². The van der Waals surface area contributed by atoms with E-state index < -0.39 is 67.7 Å². The third kappa shape index (κ3) is 14.8. The Labute approximate surface area is 815 Å². The molecule has 139 heavy (non-hydrogen) atoms. The minimum Gasteiger partial charge on any atom is -0.507 e. The summed E-state index contributed by atoms with van der Waals surface area (Å²) in [5, 5.41) is 92.5. The van der Waals surface area contributed by atoms with Gasteiger partial charge in [-0.15, -0.1) is 0 Å². The average Bonchev–Trinajstić information content (AvgIpc) is 1.65. The first-order valence-corrected chi connectivity index (χ1v) is 53.0. The molecule has 5 heterocycles. The van der Waals surface area contributed by atoms with Gasteiger partial charge in [0.1, 0.15) is 46.1 Å². The van der Waals surface area contributed by atoms with Crippen molar-refractivity contribution in [3.05, 3.63) is 150 Å². The van der Waals surface area contributed by atoms with Gasteiger partial charge in [0, 0.05) is 167 Å². The van der Waals surface area contributed by atoms with Crippen LogP contribution in [0.2, 0.25) is 0 Å². The molecule has 10 saturated carbocycles. The molecule has 0 unspecified atom stereocenters. The van der Waals surface area contributed by atoms with Crippen molar-refractivity contribution in [2.24, 2.45) is 64.2 Å². The molecule has 5 amide bonds. The van der Waals surface area contributed by atoms with Crippen LogP contribution >= 0.6 is 0 Å². The number of phenols is 4. The molecule has 5 aliphatic heterocycles. The highest BCUT2D eigenvalue weighted by Gasteiger charge is 2.72. The number of benzene rings is 5. The van der Waals surface area contributed by atoms with E-state index in [1.807, 2.05) is 30.3 Å². The van der Waals surface area contributed by atoms with Crippen LogP contribution < -0.4 is 28.7 Å². The summed E-state index contributed by atoms with van der Waals surface area (Å²) < 4.78 is 0. The molecule has 25 rings (SSSR count). The number of amides is 5. The second kappa shape index (κ2) is 34.9. The number of primary amides is 5. The van der Waals surface area contributed by atoms with Gasteiger partial charge in [-0.3, -0.25) is 67.7 Å². The van der Waals surface area contributed by atoms with Crippen LogP contribution in [0.15, 0.2) is 66.7 Å². The Balaban J connectivity index is 0.000000103. The molecule has 5 aromatic carbocycles. The smallest absolute Gasteiger partial charge is 0.252 e. The average molecular weight is 1900 g/mol. The standard InChI is InChI=1S/2C23H30N2O4.2C22H28N2O4.C22H30N2O/c2*1-13(14-3-2-4-14)25-10-9-22-12-16(26)7-8-23(22,29)18(25)11-15-5-6-17(21(24)28)20(27)19(15)22;2*1-12(13-2-3-13)24-9-8-21-11-15(25)6-7-22(21,28)17(24)10-14-4-5-16(20(23)27)19(26)18(14)21;1-14(15-5-6-15)24-11-10-22-9-3-2-4-18(22)20(24)13-16-7-8-17(21(23)25)12-19(16)22/h2*5-6,13-14,18,27,29H,2-4,7-12H2,1H3,(H2,24,28);2*4-5,12-13,17,26,28H,2-3,6-11H2,1H3,(H2,23,27);7-8,12,14-15,18,20H,2-6,9-11,13H2,1H3,(H2,23,25)/t13-,18+,22+,23+;13-,18-,22-,23-;12-,17+,21+,22+;12-,17-,21-,22-;14-,18+,20-,22-/m01011/s1. The largest absolute Gasteiger partial charge is 0.507 e. The zero-order valence-electron chi connectivity index (χ0n) is 81.9. The fourth-order valence-corrected chi connectivity index (χ4v) is 33.2. The maximum atomic E-state index is 12.6. The van der Waals surface area contributed by atoms with Crippen molar-refractivity contribution >= 4 is 52.7 Å². The number of hydrogen-bond donors (Lipinski definition) is 13. The molecular weight excluding hydrogens is 1760 g/mol. The van der Waals surface area contributed by atoms with Crippen LogP contribution in [0.4, 0.5) is 0 Å². The molecule has 5 saturated heterocycles. The summed E-state index contributed by atoms with van der Waals surface area (Å²) in [6.45, 7) is 15.9. The number of Topliss-reactive ketones (excluding diaryl/α,β-unsaturated/α-hetero) is 4. The molecule has 15 aliphatic carbocycles. The molecule has 0 aromatic heterocycles. The maximum Gasteiger partial charge on any atom is 0.252 e. The molecular formula is C112H146N10O17. The Hall–Kier alpha value is -9.03. The SMILES string of the molecule is C[C@@H](C1CC1)N1CC[C@]23CC(=O)CC[C@@]2(O)[C@H]1Cc1ccc(C(N)=O)c(O)c13.C[C@@H](C1CCC1)N1CC[C@]23CC(=O)CC[C@@]2(O)[C@H]1Cc1ccc(C(N)=O)c(O)c13.C[C@H](C1CC1)N1CC[C@]23CC(=O)CC[C@@]2(O)[C@H]1Cc1ccc(C(N)=O)c(O)c13.C[C@H](C1CC1)N1CC[C@]23CCCC[C@H]2[C@H]1Cc1ccc(C(N)=O)cc13.C[C@H](C1CCC1)N1CC[C@]23CC(=O)CC[C@@]2(O)[C@H]1Cc1ccc(C(N)=O)c(O)c13. The Kier molecular flexibility index (Phi) is 24.1. The van der Waals surface area contributed by atoms with Crippen LogP contribution in [0.3, 0.4) is 0 Å². The number of fused-ring (bicyclic) bond motifs is 5. The van der Waals surface area contributed by atoms with Gasteiger partial charge in [0.15, 0.2) is 0 Å². The van der Waals surface area contributed by atoms with Crippen LogP contribution in [-0.2, 0) is 78.4 Å². The summed E-state index contributed by atoms with van der Waals surface area (Å²) in [6, 6.07) is 22.8. The fraction of sp³-hybridized carbons (Fsp3) is 0.652. The number of aliphatic hydroxyl groups is 4. The van der Waals surface area contributed by atoms with Crippen molar-refractivity contribution in [2.45, 2.75) is 389 Å². The van der Waals surface area contributed by atoms with E-state index in [1.165, 1.54) is 127 Å². The van der Waals surface area contributed by atoms with Gasteiger partial charge in [-0.2, -0.15) is 0 Å². The summed E-state index contributed by atoms with van der Waals surface area (Å²) in [6.07, 6.45) is 32.0. The Morgan fingerprint density at radius 2 is 0.597 bits per heavy atom. The molecule has 0 radical (unpaired) electrons. The fourth-order valence-electron chi connectivity index (χ4n) is 33.2. The Bertz CT molecular complexity index is 5590. The van der Waals surface area contributed by atoms with Gasteiger partial charge >= 0.3 is 0 Å². The van der Waals surface area contributed by atoms with Crippen molar-refractivity contribution in [3.8, 4) is 23.0 Å². The van der Waals surface area contributed by atoms with Gasteiger partial charge in [-0.05, 0) is 340 Å². The van der Waals surface area contributed by atoms with E-state index >= 15 is 0 Å². The highest BCUT2D eigenvalue weighted by molar-refractivity contribution is 6.00. The minimum atomic E-state index is -1.09. The number of nitrogens with two attached hydrogens (primary N) is 5. The lowest BCUT2D eigenvalue weighted by Gasteiger charge is -2.65. The Morgan fingerprint density at radius 1 is 0.317 bits per heavy atom. The molecule has 15 fully saturated rings. The molecule has 20 aliphatic rings. The summed E-state index contributed by atoms with van der Waals surface area (Å²) in [4.78, 5) is 122. The van der Waals surface area contributed by atoms with Crippen molar-refractivity contribution in [2.75, 3.05) is 32.7 Å². The van der Waals surface area contributed by atoms with Gasteiger partial charge in [0.05, 0.1) is 44.7 Å². The molecule has 746 valence electrons. The first kappa shape index (κ1) is 96.1. The van der Waals surface area contributed by atoms with Crippen LogP contribution in [0.25, 0.3) is 0 Å². The highest BCUT2D eigenvalue weighted by atomic mass is 16.3. The van der Waals surface area contributed by atoms with E-state index in [4.69, 9.17) is 28.7 Å². The number of hydrogen-bond acceptors (Lipinski definition) is 22. The van der Waals surface area contributed by atoms with Gasteiger partial charge in [-0.25, -0.2) is 0 Å². The van der Waals surface area contributed by atoms with E-state index in [9.17, 15) is 84.0 Å². The van der Waals surface area contributed by atoms with Gasteiger partial charge < -0.3 is 69.5 Å². The van der Waals surface area contributed by atoms with Crippen molar-refractivity contribution in [3.63, 3.8) is 0 Å². The quantitative estimate of drug-likeness (QED) is 0.0463. The van der Waals surface area contributed by atoms with Gasteiger partial charge in [0.2, 0.25) is 5.91 Å². The molecule has 18 N–H and O–H groups in total. The minimum absolute atomic E-state index is 0.0701. The maximum absolute atomic E-state index is 12.6. The number of carbonyl (C=O) groups is 9. The van der Waals surface area contributed by atoms with Crippen LogP contribution in [0.1, 0.15) is 354 Å². The zero-order chi connectivity index (χ0) is 98.0. The lowest BCUT2D eigenvalue weighted by Crippen LogP contribution is -2.74. The molecule has 10 bridgehead atoms. The molecule has 27 nitrogen and oxygen atoms in total. The number of rotatable bonds is 15. The highest BCUT2D eigenvalue weighted by Crippen LogP contribution is 2.68. The molecule has 27 heteroatoms. The van der Waals surface area contributed by atoms with Crippen LogP contribution in [0.5, 0.6) is 23.0 Å². The first-order chi connectivity index (χ1) is 66.2. The van der Waals surface area contributed by atoms with Crippen LogP contribution in [0, 0.1) is 35.5 Å². The predicted octanol–water partition coefficient (Wildman–Crippen LogP) is 11.0. The van der Waals surface area contributed by atoms with E-state index in [-0.39, 0.29) is 124 Å². The van der Waals surface area contributed by atoms with E-state index in [0.717, 1.165) is 72.7 Å². The zero-order valence-corrected chi connectivity index (χ0v) is 81.9. The number of likely N-dealkylation sites (tertiary alicyclic amines) is 5. The number of ketones is 4. The predicted molar refractivity (Wildman–Crippen MR) is 521 cm³/mol. The third-order valence-electron chi connectivity index (χ3n) is 41.5. The van der Waals surface area contributed by atoms with Crippen molar-refractivity contribution < 1.29 is 84.0 Å². The molecule has 20 atom stereocenters. The number of carbonyl (C=O) groups excluding carboxylic acids is 9.